The van der Waals surface area contributed by atoms with Crippen LogP contribution in [0.5, 0.6) is 5.75 Å². The number of rotatable bonds is 14. The fraction of sp³-hybridized carbons (Fsp3) is 0.407. The second-order valence-electron chi connectivity index (χ2n) is 9.87. The first-order valence-corrected chi connectivity index (χ1v) is 14.7. The Kier molecular flexibility index (Phi) is 10.8. The molecule has 0 amide bonds. The van der Waals surface area contributed by atoms with E-state index in [9.17, 15) is 8.42 Å². The van der Waals surface area contributed by atoms with Crippen molar-refractivity contribution in [2.75, 3.05) is 43.1 Å². The van der Waals surface area contributed by atoms with Gasteiger partial charge in [-0.3, -0.25) is 0 Å². The van der Waals surface area contributed by atoms with Crippen LogP contribution in [-0.2, 0) is 10.0 Å². The van der Waals surface area contributed by atoms with Gasteiger partial charge in [-0.2, -0.15) is 4.98 Å². The summed E-state index contributed by atoms with van der Waals surface area (Å²) < 4.78 is 34.4. The van der Waals surface area contributed by atoms with Gasteiger partial charge in [0.2, 0.25) is 16.0 Å². The highest BCUT2D eigenvalue weighted by atomic mass is 35.5. The van der Waals surface area contributed by atoms with Crippen molar-refractivity contribution >= 4 is 50.5 Å². The third-order valence-electron chi connectivity index (χ3n) is 5.27. The summed E-state index contributed by atoms with van der Waals surface area (Å²) >= 11 is 6.38. The summed E-state index contributed by atoms with van der Waals surface area (Å²) in [7, 11) is 0.355. The number of halogens is 1. The molecule has 4 N–H and O–H groups in total. The Labute approximate surface area is 236 Å². The van der Waals surface area contributed by atoms with E-state index in [1.54, 1.807) is 32.0 Å². The van der Waals surface area contributed by atoms with Gasteiger partial charge in [-0.05, 0) is 79.0 Å². The standard InChI is InChI=1S/C27H38ClN7O3S/c1-18(2)34-39(36,37)25-11-8-7-10-23(25)31-26-21(28)17-30-27(33-26)32-22-13-12-20(16-24(22)38-19(3)4)29-14-9-15-35(5)6/h7-8,10-13,16-19,29,34H,9,14-15H2,1-6H3,(H2,30,31,32,33). The molecule has 39 heavy (non-hydrogen) atoms. The highest BCUT2D eigenvalue weighted by Crippen LogP contribution is 2.33. The van der Waals surface area contributed by atoms with Gasteiger partial charge in [0.15, 0.2) is 5.82 Å². The zero-order chi connectivity index (χ0) is 28.6. The zero-order valence-electron chi connectivity index (χ0n) is 23.2. The number of para-hydroxylation sites is 1. The lowest BCUT2D eigenvalue weighted by atomic mass is 10.2. The lowest BCUT2D eigenvalue weighted by Crippen LogP contribution is -2.30. The average molecular weight is 576 g/mol. The van der Waals surface area contributed by atoms with E-state index in [1.165, 1.54) is 12.3 Å². The van der Waals surface area contributed by atoms with E-state index in [0.717, 1.165) is 25.2 Å². The maximum atomic E-state index is 12.9. The molecule has 12 heteroatoms. The number of hydrogen-bond acceptors (Lipinski definition) is 9. The third-order valence-corrected chi connectivity index (χ3v) is 7.26. The fourth-order valence-electron chi connectivity index (χ4n) is 3.66. The monoisotopic (exact) mass is 575 g/mol. The molecule has 0 bridgehead atoms. The smallest absolute Gasteiger partial charge is 0.242 e. The Morgan fingerprint density at radius 1 is 1.03 bits per heavy atom. The summed E-state index contributed by atoms with van der Waals surface area (Å²) in [5.74, 6) is 1.17. The molecule has 0 unspecified atom stereocenters. The van der Waals surface area contributed by atoms with Crippen LogP contribution in [0.1, 0.15) is 34.1 Å². The van der Waals surface area contributed by atoms with E-state index < -0.39 is 10.0 Å². The molecule has 3 aromatic rings. The number of nitrogens with one attached hydrogen (secondary N) is 4. The highest BCUT2D eigenvalue weighted by molar-refractivity contribution is 7.89. The molecule has 0 spiro atoms. The zero-order valence-corrected chi connectivity index (χ0v) is 24.8. The molecular weight excluding hydrogens is 538 g/mol. The van der Waals surface area contributed by atoms with Crippen molar-refractivity contribution in [3.05, 3.63) is 53.7 Å². The second kappa shape index (κ2) is 13.8. The van der Waals surface area contributed by atoms with Crippen molar-refractivity contribution in [1.29, 1.82) is 0 Å². The summed E-state index contributed by atoms with van der Waals surface area (Å²) in [5.41, 5.74) is 1.97. The SMILES string of the molecule is CC(C)NS(=O)(=O)c1ccccc1Nc1nc(Nc2ccc(NCCCN(C)C)cc2OC(C)C)ncc1Cl. The van der Waals surface area contributed by atoms with Crippen molar-refractivity contribution in [2.45, 2.75) is 51.2 Å². The lowest BCUT2D eigenvalue weighted by molar-refractivity contribution is 0.244. The first-order chi connectivity index (χ1) is 18.4. The van der Waals surface area contributed by atoms with Gasteiger partial charge in [0, 0.05) is 24.3 Å². The van der Waals surface area contributed by atoms with Gasteiger partial charge in [0.25, 0.3) is 0 Å². The topological polar surface area (TPSA) is 121 Å². The van der Waals surface area contributed by atoms with Gasteiger partial charge in [0.05, 0.1) is 23.7 Å². The molecule has 0 aliphatic carbocycles. The van der Waals surface area contributed by atoms with E-state index in [2.05, 4.69) is 49.6 Å². The van der Waals surface area contributed by atoms with Gasteiger partial charge in [-0.1, -0.05) is 23.7 Å². The van der Waals surface area contributed by atoms with E-state index in [0.29, 0.717) is 17.1 Å². The quantitative estimate of drug-likeness (QED) is 0.186. The Morgan fingerprint density at radius 3 is 2.46 bits per heavy atom. The highest BCUT2D eigenvalue weighted by Gasteiger charge is 2.20. The maximum Gasteiger partial charge on any atom is 0.242 e. The van der Waals surface area contributed by atoms with Crippen LogP contribution in [0.2, 0.25) is 5.02 Å². The van der Waals surface area contributed by atoms with Crippen LogP contribution in [0.4, 0.5) is 28.8 Å². The molecule has 212 valence electrons. The first kappa shape index (κ1) is 30.4. The van der Waals surface area contributed by atoms with Gasteiger partial charge in [-0.15, -0.1) is 0 Å². The van der Waals surface area contributed by atoms with Crippen molar-refractivity contribution in [3.63, 3.8) is 0 Å². The van der Waals surface area contributed by atoms with E-state index >= 15 is 0 Å². The Balaban J connectivity index is 1.84. The molecular formula is C27H38ClN7O3S. The number of ether oxygens (including phenoxy) is 1. The van der Waals surface area contributed by atoms with Crippen LogP contribution in [0, 0.1) is 0 Å². The molecule has 0 fully saturated rings. The Hall–Kier alpha value is -3.12. The predicted molar refractivity (Wildman–Crippen MR) is 159 cm³/mol. The van der Waals surface area contributed by atoms with Gasteiger partial charge in [0.1, 0.15) is 15.7 Å². The van der Waals surface area contributed by atoms with Crippen LogP contribution in [-0.4, -0.2) is 62.6 Å². The summed E-state index contributed by atoms with van der Waals surface area (Å²) in [6, 6.07) is 12.1. The van der Waals surface area contributed by atoms with Crippen molar-refractivity contribution in [1.82, 2.24) is 19.6 Å². The van der Waals surface area contributed by atoms with Gasteiger partial charge < -0.3 is 25.6 Å². The normalized spacial score (nSPS) is 11.7. The molecule has 1 heterocycles. The molecule has 0 aliphatic rings. The summed E-state index contributed by atoms with van der Waals surface area (Å²) in [6.07, 6.45) is 2.42. The molecule has 0 saturated carbocycles. The number of anilines is 5. The lowest BCUT2D eigenvalue weighted by Gasteiger charge is -2.18. The number of nitrogens with zero attached hydrogens (tertiary/aromatic N) is 3. The molecule has 0 saturated heterocycles. The third kappa shape index (κ3) is 9.24. The van der Waals surface area contributed by atoms with Crippen molar-refractivity contribution in [2.24, 2.45) is 0 Å². The van der Waals surface area contributed by atoms with Crippen LogP contribution >= 0.6 is 11.6 Å². The summed E-state index contributed by atoms with van der Waals surface area (Å²) in [5, 5.41) is 9.92. The number of aromatic nitrogens is 2. The van der Waals surface area contributed by atoms with Crippen LogP contribution in [0.25, 0.3) is 0 Å². The minimum Gasteiger partial charge on any atom is -0.489 e. The minimum absolute atomic E-state index is 0.0456. The Morgan fingerprint density at radius 2 is 1.77 bits per heavy atom. The van der Waals surface area contributed by atoms with Crippen LogP contribution in [0.15, 0.2) is 53.6 Å². The maximum absolute atomic E-state index is 12.9. The molecule has 0 radical (unpaired) electrons. The van der Waals surface area contributed by atoms with Crippen molar-refractivity contribution < 1.29 is 13.2 Å². The van der Waals surface area contributed by atoms with E-state index in [-0.39, 0.29) is 33.8 Å². The molecule has 2 aromatic carbocycles. The van der Waals surface area contributed by atoms with E-state index in [4.69, 9.17) is 16.3 Å². The molecule has 1 aromatic heterocycles. The average Bonchev–Trinajstić information content (AvgIpc) is 2.84. The molecule has 0 aliphatic heterocycles. The van der Waals surface area contributed by atoms with Crippen LogP contribution in [0.3, 0.4) is 0 Å². The predicted octanol–water partition coefficient (Wildman–Crippen LogP) is 5.45. The largest absolute Gasteiger partial charge is 0.489 e. The van der Waals surface area contributed by atoms with Crippen LogP contribution < -0.4 is 25.4 Å². The molecule has 3 rings (SSSR count). The number of benzene rings is 2. The van der Waals surface area contributed by atoms with Crippen molar-refractivity contribution in [3.8, 4) is 5.75 Å². The number of hydrogen-bond donors (Lipinski definition) is 4. The Bertz CT molecular complexity index is 1350. The number of sulfonamides is 1. The molecule has 0 atom stereocenters. The minimum atomic E-state index is -3.76. The van der Waals surface area contributed by atoms with E-state index in [1.807, 2.05) is 32.0 Å². The van der Waals surface area contributed by atoms with Gasteiger partial charge >= 0.3 is 0 Å². The van der Waals surface area contributed by atoms with Gasteiger partial charge in [-0.25, -0.2) is 18.1 Å². The first-order valence-electron chi connectivity index (χ1n) is 12.8. The summed E-state index contributed by atoms with van der Waals surface area (Å²) in [4.78, 5) is 11.1. The second-order valence-corrected chi connectivity index (χ2v) is 12.0. The molecule has 10 nitrogen and oxygen atoms in total. The summed E-state index contributed by atoms with van der Waals surface area (Å²) in [6.45, 7) is 9.28. The fourth-order valence-corrected chi connectivity index (χ4v) is 5.21.